The Morgan fingerprint density at radius 2 is 1.78 bits per heavy atom. The van der Waals surface area contributed by atoms with Gasteiger partial charge in [-0.3, -0.25) is 4.79 Å². The van der Waals surface area contributed by atoms with Gasteiger partial charge in [-0.05, 0) is 27.1 Å². The van der Waals surface area contributed by atoms with Crippen molar-refractivity contribution in [2.75, 3.05) is 24.5 Å². The molecule has 2 atom stereocenters. The van der Waals surface area contributed by atoms with Gasteiger partial charge in [-0.25, -0.2) is 4.68 Å². The lowest BCUT2D eigenvalue weighted by Gasteiger charge is -2.17. The minimum Gasteiger partial charge on any atom is -0.355 e. The van der Waals surface area contributed by atoms with E-state index in [2.05, 4.69) is 62.1 Å². The molecule has 7 heteroatoms. The molecule has 0 saturated carbocycles. The number of hydrogen-bond donors (Lipinski definition) is 1. The first-order chi connectivity index (χ1) is 13.3. The summed E-state index contributed by atoms with van der Waals surface area (Å²) in [4.78, 5) is 14.0. The van der Waals surface area contributed by atoms with Crippen molar-refractivity contribution in [3.63, 3.8) is 0 Å². The van der Waals surface area contributed by atoms with E-state index in [0.717, 1.165) is 24.6 Å². The quantitative estimate of drug-likeness (QED) is 0.764. The third-order valence-electron chi connectivity index (χ3n) is 5.51. The van der Waals surface area contributed by atoms with Gasteiger partial charge in [0.25, 0.3) is 0 Å². The highest BCUT2D eigenvalue weighted by Gasteiger charge is 2.43. The molecule has 7 nitrogen and oxygen atoms in total. The predicted molar refractivity (Wildman–Crippen MR) is 101 cm³/mol. The Morgan fingerprint density at radius 1 is 1.00 bits per heavy atom. The smallest absolute Gasteiger partial charge is 0.245 e. The molecule has 2 aliphatic heterocycles. The van der Waals surface area contributed by atoms with Gasteiger partial charge in [0, 0.05) is 25.6 Å². The number of hydrogen-bond acceptors (Lipinski definition) is 5. The Balaban J connectivity index is 1.32. The van der Waals surface area contributed by atoms with Crippen molar-refractivity contribution in [1.82, 2.24) is 25.5 Å². The van der Waals surface area contributed by atoms with Crippen LogP contribution in [0.3, 0.4) is 0 Å². The lowest BCUT2D eigenvalue weighted by atomic mass is 10.0. The molecule has 0 radical (unpaired) electrons. The molecule has 0 spiro atoms. The second-order valence-electron chi connectivity index (χ2n) is 7.22. The molecule has 27 heavy (non-hydrogen) atoms. The standard InChI is InChI=1S/C20H20N6O/c27-19-18-13-25(12-17(18)10-21-19)20-22-23-24-26(20)11-14-6-8-16(9-7-14)15-4-2-1-3-5-15/h1-9,17-18H,10-13H2,(H,21,27)/t17-,18+/m0/s1. The van der Waals surface area contributed by atoms with E-state index in [1.165, 1.54) is 11.1 Å². The maximum atomic E-state index is 11.9. The van der Waals surface area contributed by atoms with Crippen molar-refractivity contribution in [2.45, 2.75) is 6.54 Å². The van der Waals surface area contributed by atoms with Gasteiger partial charge in [0.1, 0.15) is 0 Å². The largest absolute Gasteiger partial charge is 0.355 e. The Kier molecular flexibility index (Phi) is 3.85. The number of aromatic nitrogens is 4. The average molecular weight is 360 g/mol. The van der Waals surface area contributed by atoms with Crippen LogP contribution in [0.25, 0.3) is 11.1 Å². The highest BCUT2D eigenvalue weighted by atomic mass is 16.2. The topological polar surface area (TPSA) is 75.9 Å². The molecule has 3 heterocycles. The van der Waals surface area contributed by atoms with E-state index in [4.69, 9.17) is 0 Å². The molecule has 0 aliphatic carbocycles. The van der Waals surface area contributed by atoms with Crippen molar-refractivity contribution >= 4 is 11.9 Å². The van der Waals surface area contributed by atoms with Gasteiger partial charge in [0.05, 0.1) is 12.5 Å². The first-order valence-electron chi connectivity index (χ1n) is 9.21. The number of anilines is 1. The van der Waals surface area contributed by atoms with Gasteiger partial charge < -0.3 is 10.2 Å². The van der Waals surface area contributed by atoms with Crippen molar-refractivity contribution in [2.24, 2.45) is 11.8 Å². The maximum absolute atomic E-state index is 11.9. The summed E-state index contributed by atoms with van der Waals surface area (Å²) in [6.07, 6.45) is 0. The summed E-state index contributed by atoms with van der Waals surface area (Å²) in [6.45, 7) is 2.86. The number of fused-ring (bicyclic) bond motifs is 1. The van der Waals surface area contributed by atoms with E-state index in [9.17, 15) is 4.79 Å². The van der Waals surface area contributed by atoms with E-state index in [-0.39, 0.29) is 11.8 Å². The SMILES string of the molecule is O=C1NC[C@H]2CN(c3nnnn3Cc3ccc(-c4ccccc4)cc3)C[C@@H]12. The normalized spacial score (nSPS) is 21.3. The lowest BCUT2D eigenvalue weighted by Crippen LogP contribution is -2.30. The van der Waals surface area contributed by atoms with Crippen LogP contribution in [0, 0.1) is 11.8 Å². The molecular weight excluding hydrogens is 340 g/mol. The summed E-state index contributed by atoms with van der Waals surface area (Å²) in [5.41, 5.74) is 3.53. The van der Waals surface area contributed by atoms with E-state index in [1.54, 1.807) is 0 Å². The Hall–Kier alpha value is -3.22. The van der Waals surface area contributed by atoms with Crippen LogP contribution in [0.15, 0.2) is 54.6 Å². The zero-order valence-corrected chi connectivity index (χ0v) is 14.8. The molecule has 136 valence electrons. The zero-order valence-electron chi connectivity index (χ0n) is 14.8. The molecular formula is C20H20N6O. The van der Waals surface area contributed by atoms with E-state index < -0.39 is 0 Å². The van der Waals surface area contributed by atoms with Gasteiger partial charge in [-0.15, -0.1) is 0 Å². The lowest BCUT2D eigenvalue weighted by molar-refractivity contribution is -0.122. The number of carbonyl (C=O) groups excluding carboxylic acids is 1. The van der Waals surface area contributed by atoms with E-state index >= 15 is 0 Å². The summed E-state index contributed by atoms with van der Waals surface area (Å²) < 4.78 is 1.82. The molecule has 1 N–H and O–H groups in total. The Bertz CT molecular complexity index is 952. The number of carbonyl (C=O) groups is 1. The summed E-state index contributed by atoms with van der Waals surface area (Å²) in [5, 5.41) is 15.2. The van der Waals surface area contributed by atoms with Crippen LogP contribution in [-0.2, 0) is 11.3 Å². The second-order valence-corrected chi connectivity index (χ2v) is 7.22. The minimum absolute atomic E-state index is 0.0558. The number of tetrazole rings is 1. The van der Waals surface area contributed by atoms with Gasteiger partial charge in [-0.1, -0.05) is 59.7 Å². The monoisotopic (exact) mass is 360 g/mol. The van der Waals surface area contributed by atoms with Gasteiger partial charge in [-0.2, -0.15) is 0 Å². The van der Waals surface area contributed by atoms with Gasteiger partial charge in [0.2, 0.25) is 11.9 Å². The molecule has 1 amide bonds. The summed E-state index contributed by atoms with van der Waals surface area (Å²) in [5.74, 6) is 1.30. The summed E-state index contributed by atoms with van der Waals surface area (Å²) >= 11 is 0. The third kappa shape index (κ3) is 2.95. The fraction of sp³-hybridized carbons (Fsp3) is 0.300. The fourth-order valence-electron chi connectivity index (χ4n) is 4.04. The molecule has 3 aromatic rings. The average Bonchev–Trinajstić information content (AvgIpc) is 3.41. The highest BCUT2D eigenvalue weighted by molar-refractivity contribution is 5.82. The molecule has 0 unspecified atom stereocenters. The van der Waals surface area contributed by atoms with Crippen LogP contribution in [0.2, 0.25) is 0 Å². The molecule has 2 saturated heterocycles. The van der Waals surface area contributed by atoms with Gasteiger partial charge >= 0.3 is 0 Å². The zero-order chi connectivity index (χ0) is 18.2. The van der Waals surface area contributed by atoms with Crippen LogP contribution in [-0.4, -0.2) is 45.7 Å². The predicted octanol–water partition coefficient (Wildman–Crippen LogP) is 1.57. The first-order valence-corrected chi connectivity index (χ1v) is 9.21. The molecule has 2 aromatic carbocycles. The summed E-state index contributed by atoms with van der Waals surface area (Å²) in [7, 11) is 0. The Labute approximate surface area is 157 Å². The van der Waals surface area contributed by atoms with Crippen molar-refractivity contribution in [1.29, 1.82) is 0 Å². The number of benzene rings is 2. The molecule has 5 rings (SSSR count). The molecule has 0 bridgehead atoms. The van der Waals surface area contributed by atoms with Crippen LogP contribution < -0.4 is 10.2 Å². The van der Waals surface area contributed by atoms with Gasteiger partial charge in [0.15, 0.2) is 0 Å². The first kappa shape index (κ1) is 16.0. The third-order valence-corrected chi connectivity index (χ3v) is 5.51. The van der Waals surface area contributed by atoms with Crippen molar-refractivity contribution in [3.05, 3.63) is 60.2 Å². The van der Waals surface area contributed by atoms with Crippen molar-refractivity contribution in [3.8, 4) is 11.1 Å². The van der Waals surface area contributed by atoms with Crippen LogP contribution in [0.1, 0.15) is 5.56 Å². The Morgan fingerprint density at radius 3 is 2.56 bits per heavy atom. The summed E-state index contributed by atoms with van der Waals surface area (Å²) in [6, 6.07) is 18.8. The fourth-order valence-corrected chi connectivity index (χ4v) is 4.04. The van der Waals surface area contributed by atoms with Crippen LogP contribution >= 0.6 is 0 Å². The number of nitrogens with one attached hydrogen (secondary N) is 1. The molecule has 1 aromatic heterocycles. The molecule has 2 aliphatic rings. The van der Waals surface area contributed by atoms with Crippen LogP contribution in [0.4, 0.5) is 5.95 Å². The van der Waals surface area contributed by atoms with E-state index in [1.807, 2.05) is 22.9 Å². The van der Waals surface area contributed by atoms with Crippen molar-refractivity contribution < 1.29 is 4.79 Å². The second kappa shape index (κ2) is 6.50. The molecule has 2 fully saturated rings. The number of rotatable bonds is 4. The highest BCUT2D eigenvalue weighted by Crippen LogP contribution is 2.30. The van der Waals surface area contributed by atoms with Crippen LogP contribution in [0.5, 0.6) is 0 Å². The van der Waals surface area contributed by atoms with E-state index in [0.29, 0.717) is 19.0 Å². The number of nitrogens with zero attached hydrogens (tertiary/aromatic N) is 5. The number of amides is 1. The minimum atomic E-state index is 0.0558. The maximum Gasteiger partial charge on any atom is 0.245 e.